The second-order valence-corrected chi connectivity index (χ2v) is 4.80. The fourth-order valence-electron chi connectivity index (χ4n) is 1.97. The molecule has 0 heterocycles. The van der Waals surface area contributed by atoms with E-state index in [0.29, 0.717) is 5.69 Å². The molecule has 2 nitrogen and oxygen atoms in total. The molecular weight excluding hydrogens is 279 g/mol. The number of benzene rings is 2. The lowest BCUT2D eigenvalue weighted by Crippen LogP contribution is -2.08. The summed E-state index contributed by atoms with van der Waals surface area (Å²) >= 11 is 0. The molecule has 0 saturated heterocycles. The van der Waals surface area contributed by atoms with Crippen LogP contribution in [0.3, 0.4) is 0 Å². The van der Waals surface area contributed by atoms with Gasteiger partial charge in [-0.3, -0.25) is 0 Å². The van der Waals surface area contributed by atoms with Crippen LogP contribution in [0.4, 0.5) is 18.9 Å². The van der Waals surface area contributed by atoms with E-state index in [1.807, 2.05) is 38.1 Å². The van der Waals surface area contributed by atoms with Crippen LogP contribution in [0.1, 0.15) is 24.1 Å². The minimum absolute atomic E-state index is 0.0353. The van der Waals surface area contributed by atoms with Crippen LogP contribution in [-0.2, 0) is 0 Å². The third-order valence-electron chi connectivity index (χ3n) is 3.11. The average Bonchev–Trinajstić information content (AvgIpc) is 2.42. The Bertz CT molecular complexity index is 599. The SMILES string of the molecule is Cc1ccc(C(C)Nc2ccc(OC(F)F)c(F)c2)cc1. The van der Waals surface area contributed by atoms with Crippen LogP contribution >= 0.6 is 0 Å². The topological polar surface area (TPSA) is 21.3 Å². The molecule has 0 aliphatic rings. The van der Waals surface area contributed by atoms with Crippen molar-refractivity contribution in [3.63, 3.8) is 0 Å². The minimum Gasteiger partial charge on any atom is -0.432 e. The minimum atomic E-state index is -3.04. The molecule has 0 aromatic heterocycles. The number of hydrogen-bond acceptors (Lipinski definition) is 2. The van der Waals surface area contributed by atoms with Gasteiger partial charge in [0.15, 0.2) is 11.6 Å². The standard InChI is InChI=1S/C16H16F3NO/c1-10-3-5-12(6-4-10)11(2)20-13-7-8-15(14(17)9-13)21-16(18)19/h3-9,11,16,20H,1-2H3. The van der Waals surface area contributed by atoms with E-state index in [1.54, 1.807) is 0 Å². The van der Waals surface area contributed by atoms with Crippen molar-refractivity contribution in [2.24, 2.45) is 0 Å². The summed E-state index contributed by atoms with van der Waals surface area (Å²) in [6, 6.07) is 11.8. The third-order valence-corrected chi connectivity index (χ3v) is 3.11. The van der Waals surface area contributed by atoms with Crippen LogP contribution in [0, 0.1) is 12.7 Å². The second-order valence-electron chi connectivity index (χ2n) is 4.80. The summed E-state index contributed by atoms with van der Waals surface area (Å²) in [6.07, 6.45) is 0. The van der Waals surface area contributed by atoms with Gasteiger partial charge in [-0.2, -0.15) is 8.78 Å². The molecular formula is C16H16F3NO. The molecule has 21 heavy (non-hydrogen) atoms. The molecule has 0 bridgehead atoms. The van der Waals surface area contributed by atoms with E-state index in [9.17, 15) is 13.2 Å². The Morgan fingerprint density at radius 2 is 1.71 bits per heavy atom. The Balaban J connectivity index is 2.09. The summed E-state index contributed by atoms with van der Waals surface area (Å²) in [4.78, 5) is 0. The Hall–Kier alpha value is -2.17. The van der Waals surface area contributed by atoms with Crippen molar-refractivity contribution >= 4 is 5.69 Å². The quantitative estimate of drug-likeness (QED) is 0.846. The molecule has 0 fully saturated rings. The number of rotatable bonds is 5. The molecule has 2 rings (SSSR count). The lowest BCUT2D eigenvalue weighted by atomic mass is 10.1. The van der Waals surface area contributed by atoms with E-state index in [0.717, 1.165) is 17.2 Å². The van der Waals surface area contributed by atoms with Crippen molar-refractivity contribution in [3.8, 4) is 5.75 Å². The van der Waals surface area contributed by atoms with Crippen LogP contribution in [0.5, 0.6) is 5.75 Å². The van der Waals surface area contributed by atoms with Crippen molar-refractivity contribution in [1.82, 2.24) is 0 Å². The highest BCUT2D eigenvalue weighted by atomic mass is 19.3. The maximum absolute atomic E-state index is 13.6. The first-order valence-corrected chi connectivity index (χ1v) is 6.53. The number of ether oxygens (including phenoxy) is 1. The van der Waals surface area contributed by atoms with Gasteiger partial charge in [-0.05, 0) is 31.5 Å². The van der Waals surface area contributed by atoms with E-state index in [-0.39, 0.29) is 6.04 Å². The number of aryl methyl sites for hydroxylation is 1. The van der Waals surface area contributed by atoms with Crippen LogP contribution in [0.2, 0.25) is 0 Å². The molecule has 0 aliphatic heterocycles. The zero-order valence-electron chi connectivity index (χ0n) is 11.7. The zero-order valence-corrected chi connectivity index (χ0v) is 11.7. The molecule has 0 amide bonds. The fraction of sp³-hybridized carbons (Fsp3) is 0.250. The van der Waals surface area contributed by atoms with Gasteiger partial charge in [0.1, 0.15) is 0 Å². The lowest BCUT2D eigenvalue weighted by molar-refractivity contribution is -0.0521. The van der Waals surface area contributed by atoms with Gasteiger partial charge in [-0.1, -0.05) is 29.8 Å². The number of halogens is 3. The van der Waals surface area contributed by atoms with Gasteiger partial charge in [0, 0.05) is 17.8 Å². The smallest absolute Gasteiger partial charge is 0.387 e. The predicted molar refractivity (Wildman–Crippen MR) is 76.2 cm³/mol. The summed E-state index contributed by atoms with van der Waals surface area (Å²) in [5.41, 5.74) is 2.71. The first-order valence-electron chi connectivity index (χ1n) is 6.53. The van der Waals surface area contributed by atoms with Gasteiger partial charge in [0.25, 0.3) is 0 Å². The van der Waals surface area contributed by atoms with Crippen molar-refractivity contribution in [3.05, 3.63) is 59.4 Å². The molecule has 1 atom stereocenters. The summed E-state index contributed by atoms with van der Waals surface area (Å²) in [6.45, 7) is 0.898. The molecule has 2 aromatic carbocycles. The van der Waals surface area contributed by atoms with Crippen molar-refractivity contribution in [2.45, 2.75) is 26.5 Å². The van der Waals surface area contributed by atoms with Crippen LogP contribution in [0.15, 0.2) is 42.5 Å². The highest BCUT2D eigenvalue weighted by molar-refractivity contribution is 5.49. The van der Waals surface area contributed by atoms with Gasteiger partial charge in [0.2, 0.25) is 0 Å². The first kappa shape index (κ1) is 15.2. The van der Waals surface area contributed by atoms with Crippen molar-refractivity contribution < 1.29 is 17.9 Å². The monoisotopic (exact) mass is 295 g/mol. The van der Waals surface area contributed by atoms with Gasteiger partial charge >= 0.3 is 6.61 Å². The molecule has 0 saturated carbocycles. The van der Waals surface area contributed by atoms with E-state index < -0.39 is 18.2 Å². The van der Waals surface area contributed by atoms with E-state index >= 15 is 0 Å². The Labute approximate surface area is 121 Å². The highest BCUT2D eigenvalue weighted by Gasteiger charge is 2.11. The molecule has 5 heteroatoms. The molecule has 1 unspecified atom stereocenters. The molecule has 2 aromatic rings. The van der Waals surface area contributed by atoms with E-state index in [1.165, 1.54) is 12.1 Å². The first-order chi connectivity index (χ1) is 9.95. The second kappa shape index (κ2) is 6.52. The average molecular weight is 295 g/mol. The highest BCUT2D eigenvalue weighted by Crippen LogP contribution is 2.25. The van der Waals surface area contributed by atoms with Gasteiger partial charge in [-0.25, -0.2) is 4.39 Å². The number of alkyl halides is 2. The summed E-state index contributed by atoms with van der Waals surface area (Å²) in [5.74, 6) is -1.28. The summed E-state index contributed by atoms with van der Waals surface area (Å²) < 4.78 is 41.8. The predicted octanol–water partition coefficient (Wildman–Crippen LogP) is 4.91. The third kappa shape index (κ3) is 4.15. The number of anilines is 1. The molecule has 0 aliphatic carbocycles. The number of hydrogen-bond donors (Lipinski definition) is 1. The molecule has 0 radical (unpaired) electrons. The van der Waals surface area contributed by atoms with Gasteiger partial charge in [-0.15, -0.1) is 0 Å². The normalized spacial score (nSPS) is 12.3. The summed E-state index contributed by atoms with van der Waals surface area (Å²) in [5, 5.41) is 3.12. The summed E-state index contributed by atoms with van der Waals surface area (Å²) in [7, 11) is 0. The number of nitrogens with one attached hydrogen (secondary N) is 1. The Morgan fingerprint density at radius 3 is 2.29 bits per heavy atom. The van der Waals surface area contributed by atoms with Crippen LogP contribution in [-0.4, -0.2) is 6.61 Å². The Kier molecular flexibility index (Phi) is 4.73. The van der Waals surface area contributed by atoms with E-state index in [4.69, 9.17) is 0 Å². The van der Waals surface area contributed by atoms with Gasteiger partial charge < -0.3 is 10.1 Å². The molecule has 0 spiro atoms. The zero-order chi connectivity index (χ0) is 15.4. The van der Waals surface area contributed by atoms with Crippen LogP contribution in [0.25, 0.3) is 0 Å². The molecule has 1 N–H and O–H groups in total. The maximum atomic E-state index is 13.6. The van der Waals surface area contributed by atoms with Crippen molar-refractivity contribution in [1.29, 1.82) is 0 Å². The molecule has 112 valence electrons. The van der Waals surface area contributed by atoms with E-state index in [2.05, 4.69) is 10.1 Å². The largest absolute Gasteiger partial charge is 0.432 e. The van der Waals surface area contributed by atoms with Gasteiger partial charge in [0.05, 0.1) is 0 Å². The maximum Gasteiger partial charge on any atom is 0.387 e. The van der Waals surface area contributed by atoms with Crippen LogP contribution < -0.4 is 10.1 Å². The Morgan fingerprint density at radius 1 is 1.05 bits per heavy atom. The van der Waals surface area contributed by atoms with Crippen molar-refractivity contribution in [2.75, 3.05) is 5.32 Å². The lowest BCUT2D eigenvalue weighted by Gasteiger charge is -2.16. The fourth-order valence-corrected chi connectivity index (χ4v) is 1.97.